The first kappa shape index (κ1) is 20.0. The topological polar surface area (TPSA) is 79.8 Å². The fourth-order valence-electron chi connectivity index (χ4n) is 2.68. The smallest absolute Gasteiger partial charge is 0.224 e. The zero-order chi connectivity index (χ0) is 20.1. The Hall–Kier alpha value is -2.70. The summed E-state index contributed by atoms with van der Waals surface area (Å²) in [6.07, 6.45) is 2.58. The summed E-state index contributed by atoms with van der Waals surface area (Å²) in [7, 11) is 1.77. The molecule has 0 saturated carbocycles. The number of Topliss-reactive ketones (excluding diaryl/α,β-unsaturated/α-hetero) is 1. The van der Waals surface area contributed by atoms with Gasteiger partial charge >= 0.3 is 0 Å². The van der Waals surface area contributed by atoms with Gasteiger partial charge in [-0.15, -0.1) is 0 Å². The molecule has 0 spiro atoms. The molecule has 0 aliphatic rings. The van der Waals surface area contributed by atoms with Gasteiger partial charge in [-0.2, -0.15) is 4.98 Å². The van der Waals surface area contributed by atoms with Crippen LogP contribution < -0.4 is 10.6 Å². The Labute approximate surface area is 173 Å². The number of aryl methyl sites for hydroxylation is 1. The van der Waals surface area contributed by atoms with Gasteiger partial charge in [-0.1, -0.05) is 36.2 Å². The number of rotatable bonds is 7. The van der Waals surface area contributed by atoms with Crippen LogP contribution in [0.2, 0.25) is 10.0 Å². The van der Waals surface area contributed by atoms with Crippen LogP contribution in [0.15, 0.2) is 42.6 Å². The number of hydrogen-bond donors (Lipinski definition) is 2. The Bertz CT molecular complexity index is 967. The molecule has 0 aliphatic carbocycles. The predicted octanol–water partition coefficient (Wildman–Crippen LogP) is 4.95. The van der Waals surface area contributed by atoms with Gasteiger partial charge in [0.1, 0.15) is 11.6 Å². The fourth-order valence-corrected chi connectivity index (χ4v) is 3.28. The van der Waals surface area contributed by atoms with E-state index in [4.69, 9.17) is 23.2 Å². The molecule has 0 atom stereocenters. The zero-order valence-corrected chi connectivity index (χ0v) is 17.0. The van der Waals surface area contributed by atoms with Crippen molar-refractivity contribution in [3.8, 4) is 0 Å². The normalized spacial score (nSPS) is 10.6. The van der Waals surface area contributed by atoms with Crippen LogP contribution in [0, 0.1) is 0 Å². The zero-order valence-electron chi connectivity index (χ0n) is 15.5. The van der Waals surface area contributed by atoms with Gasteiger partial charge in [0, 0.05) is 31.4 Å². The molecule has 6 nitrogen and oxygen atoms in total. The molecule has 0 unspecified atom stereocenters. The van der Waals surface area contributed by atoms with Crippen LogP contribution >= 0.6 is 23.2 Å². The van der Waals surface area contributed by atoms with Crippen LogP contribution in [0.4, 0.5) is 17.6 Å². The first-order valence-corrected chi connectivity index (χ1v) is 9.50. The maximum atomic E-state index is 12.7. The summed E-state index contributed by atoms with van der Waals surface area (Å²) in [5.74, 6) is 1.58. The lowest BCUT2D eigenvalue weighted by Crippen LogP contribution is -2.07. The van der Waals surface area contributed by atoms with Crippen LogP contribution in [-0.4, -0.2) is 27.8 Å². The average Bonchev–Trinajstić information content (AvgIpc) is 2.67. The van der Waals surface area contributed by atoms with E-state index in [1.54, 1.807) is 43.6 Å². The minimum absolute atomic E-state index is 0.152. The highest BCUT2D eigenvalue weighted by Gasteiger charge is 2.15. The monoisotopic (exact) mass is 415 g/mol. The largest absolute Gasteiger partial charge is 0.357 e. The summed E-state index contributed by atoms with van der Waals surface area (Å²) in [6.45, 7) is 2.02. The molecule has 0 radical (unpaired) electrons. The molecule has 0 aliphatic heterocycles. The fraction of sp³-hybridized carbons (Fsp3) is 0.200. The van der Waals surface area contributed by atoms with Crippen LogP contribution in [0.5, 0.6) is 0 Å². The third-order valence-corrected chi connectivity index (χ3v) is 4.68. The standard InChI is InChI=1S/C20H19Cl2N5O/c1-3-13-11-18(27-20(23-2)25-13)26-17-10-12(7-8-24-17)9-16(28)19-14(21)5-4-6-15(19)22/h4-8,10-11H,3,9H2,1-2H3,(H2,23,24,25,26,27). The van der Waals surface area contributed by atoms with Crippen molar-refractivity contribution in [2.45, 2.75) is 19.8 Å². The van der Waals surface area contributed by atoms with Gasteiger partial charge in [0.25, 0.3) is 0 Å². The molecule has 8 heteroatoms. The first-order chi connectivity index (χ1) is 13.5. The van der Waals surface area contributed by atoms with Gasteiger partial charge in [0.05, 0.1) is 15.6 Å². The maximum absolute atomic E-state index is 12.7. The molecule has 28 heavy (non-hydrogen) atoms. The number of benzene rings is 1. The Morgan fingerprint density at radius 2 is 1.82 bits per heavy atom. The number of carbonyl (C=O) groups excluding carboxylic acids is 1. The number of anilines is 3. The van der Waals surface area contributed by atoms with Crippen molar-refractivity contribution in [1.29, 1.82) is 0 Å². The summed E-state index contributed by atoms with van der Waals surface area (Å²) >= 11 is 12.3. The molecular weight excluding hydrogens is 397 g/mol. The van der Waals surface area contributed by atoms with Crippen molar-refractivity contribution >= 4 is 46.6 Å². The van der Waals surface area contributed by atoms with Gasteiger partial charge in [0.2, 0.25) is 5.95 Å². The van der Waals surface area contributed by atoms with E-state index in [-0.39, 0.29) is 12.2 Å². The third kappa shape index (κ3) is 4.77. The number of nitrogens with zero attached hydrogens (tertiary/aromatic N) is 3. The Morgan fingerprint density at radius 3 is 2.50 bits per heavy atom. The van der Waals surface area contributed by atoms with E-state index in [2.05, 4.69) is 25.6 Å². The summed E-state index contributed by atoms with van der Waals surface area (Å²) in [5.41, 5.74) is 2.03. The van der Waals surface area contributed by atoms with Gasteiger partial charge in [0.15, 0.2) is 5.78 Å². The lowest BCUT2D eigenvalue weighted by Gasteiger charge is -2.10. The van der Waals surface area contributed by atoms with Gasteiger partial charge in [-0.25, -0.2) is 9.97 Å². The van der Waals surface area contributed by atoms with Crippen molar-refractivity contribution in [3.63, 3.8) is 0 Å². The lowest BCUT2D eigenvalue weighted by molar-refractivity contribution is 0.0993. The van der Waals surface area contributed by atoms with E-state index >= 15 is 0 Å². The number of nitrogens with one attached hydrogen (secondary N) is 2. The summed E-state index contributed by atoms with van der Waals surface area (Å²) in [5, 5.41) is 6.80. The van der Waals surface area contributed by atoms with E-state index in [0.717, 1.165) is 17.7 Å². The van der Waals surface area contributed by atoms with Crippen LogP contribution in [0.1, 0.15) is 28.5 Å². The average molecular weight is 416 g/mol. The van der Waals surface area contributed by atoms with Crippen molar-refractivity contribution < 1.29 is 4.79 Å². The molecule has 0 amide bonds. The molecule has 2 N–H and O–H groups in total. The van der Waals surface area contributed by atoms with Crippen LogP contribution in [0.3, 0.4) is 0 Å². The Morgan fingerprint density at radius 1 is 1.07 bits per heavy atom. The highest BCUT2D eigenvalue weighted by Crippen LogP contribution is 2.26. The third-order valence-electron chi connectivity index (χ3n) is 4.05. The van der Waals surface area contributed by atoms with Crippen molar-refractivity contribution in [2.24, 2.45) is 0 Å². The van der Waals surface area contributed by atoms with Crippen LogP contribution in [0.25, 0.3) is 0 Å². The molecule has 144 valence electrons. The molecular formula is C20H19Cl2N5O. The van der Waals surface area contributed by atoms with E-state index < -0.39 is 0 Å². The number of carbonyl (C=O) groups is 1. The van der Waals surface area contributed by atoms with Gasteiger partial charge < -0.3 is 10.6 Å². The molecule has 0 saturated heterocycles. The maximum Gasteiger partial charge on any atom is 0.224 e. The second kappa shape index (κ2) is 8.99. The summed E-state index contributed by atoms with van der Waals surface area (Å²) in [6, 6.07) is 10.5. The molecule has 0 bridgehead atoms. The summed E-state index contributed by atoms with van der Waals surface area (Å²) in [4.78, 5) is 25.7. The molecule has 2 heterocycles. The van der Waals surface area contributed by atoms with Crippen LogP contribution in [-0.2, 0) is 12.8 Å². The summed E-state index contributed by atoms with van der Waals surface area (Å²) < 4.78 is 0. The second-order valence-corrected chi connectivity index (χ2v) is 6.86. The SMILES string of the molecule is CCc1cc(Nc2cc(CC(=O)c3c(Cl)cccc3Cl)ccn2)nc(NC)n1. The van der Waals surface area contributed by atoms with E-state index in [0.29, 0.717) is 33.2 Å². The number of ketones is 1. The second-order valence-electron chi connectivity index (χ2n) is 6.04. The van der Waals surface area contributed by atoms with E-state index in [1.165, 1.54) is 0 Å². The van der Waals surface area contributed by atoms with E-state index in [9.17, 15) is 4.79 Å². The lowest BCUT2D eigenvalue weighted by atomic mass is 10.0. The number of aromatic nitrogens is 3. The molecule has 0 fully saturated rings. The van der Waals surface area contributed by atoms with Crippen molar-refractivity contribution in [2.75, 3.05) is 17.7 Å². The molecule has 3 rings (SSSR count). The minimum Gasteiger partial charge on any atom is -0.357 e. The Balaban J connectivity index is 1.80. The number of hydrogen-bond acceptors (Lipinski definition) is 6. The highest BCUT2D eigenvalue weighted by atomic mass is 35.5. The number of halogens is 2. The molecule has 1 aromatic carbocycles. The quantitative estimate of drug-likeness (QED) is 0.531. The first-order valence-electron chi connectivity index (χ1n) is 8.75. The van der Waals surface area contributed by atoms with Crippen molar-refractivity contribution in [3.05, 3.63) is 69.5 Å². The minimum atomic E-state index is -0.152. The van der Waals surface area contributed by atoms with Crippen molar-refractivity contribution in [1.82, 2.24) is 15.0 Å². The number of pyridine rings is 1. The van der Waals surface area contributed by atoms with Gasteiger partial charge in [-0.05, 0) is 36.2 Å². The predicted molar refractivity (Wildman–Crippen MR) is 113 cm³/mol. The van der Waals surface area contributed by atoms with Gasteiger partial charge in [-0.3, -0.25) is 4.79 Å². The molecule has 2 aromatic heterocycles. The van der Waals surface area contributed by atoms with E-state index in [1.807, 2.05) is 13.0 Å². The highest BCUT2D eigenvalue weighted by molar-refractivity contribution is 6.39. The Kier molecular flexibility index (Phi) is 6.44. The molecule has 3 aromatic rings.